The highest BCUT2D eigenvalue weighted by molar-refractivity contribution is 5.95. The Labute approximate surface area is 157 Å². The number of carboxylic acid groups (broad SMARTS) is 1. The molecule has 27 heavy (non-hydrogen) atoms. The summed E-state index contributed by atoms with van der Waals surface area (Å²) in [7, 11) is 0. The number of ether oxygens (including phenoxy) is 1. The van der Waals surface area contributed by atoms with Gasteiger partial charge in [-0.3, -0.25) is 14.4 Å². The average Bonchev–Trinajstić information content (AvgIpc) is 2.68. The first-order valence-corrected chi connectivity index (χ1v) is 8.85. The number of Topliss-reactive ketones (excluding diaryl/α,β-unsaturated/α-hetero) is 1. The smallest absolute Gasteiger partial charge is 0.308 e. The van der Waals surface area contributed by atoms with Crippen molar-refractivity contribution in [2.45, 2.75) is 19.8 Å². The third-order valence-corrected chi connectivity index (χ3v) is 4.66. The molecule has 0 aromatic heterocycles. The minimum atomic E-state index is -0.855. The van der Waals surface area contributed by atoms with Crippen molar-refractivity contribution in [2.75, 3.05) is 13.1 Å². The summed E-state index contributed by atoms with van der Waals surface area (Å²) >= 11 is 0. The highest BCUT2D eigenvalue weighted by atomic mass is 16.5. The van der Waals surface area contributed by atoms with E-state index < -0.39 is 11.9 Å². The standard InChI is InChI=1S/C21H21NO5/c1-14(23)15-4-8-18(9-5-15)27-19-10-6-16(7-11-19)20(24)22-12-2-3-17(13-22)21(25)26/h4-11,17H,2-3,12-13H2,1H3,(H,25,26). The Balaban J connectivity index is 1.65. The topological polar surface area (TPSA) is 83.9 Å². The van der Waals surface area contributed by atoms with Crippen molar-refractivity contribution >= 4 is 17.7 Å². The maximum atomic E-state index is 12.6. The fourth-order valence-electron chi connectivity index (χ4n) is 3.11. The second kappa shape index (κ2) is 8.03. The average molecular weight is 367 g/mol. The van der Waals surface area contributed by atoms with Crippen molar-refractivity contribution in [3.05, 3.63) is 59.7 Å². The Hall–Kier alpha value is -3.15. The number of carbonyl (C=O) groups excluding carboxylic acids is 2. The van der Waals surface area contributed by atoms with Gasteiger partial charge in [0.1, 0.15) is 11.5 Å². The Kier molecular flexibility index (Phi) is 5.54. The quantitative estimate of drug-likeness (QED) is 0.816. The normalized spacial score (nSPS) is 16.6. The van der Waals surface area contributed by atoms with E-state index in [1.165, 1.54) is 6.92 Å². The summed E-state index contributed by atoms with van der Waals surface area (Å²) in [6.07, 6.45) is 1.30. The number of hydrogen-bond donors (Lipinski definition) is 1. The number of hydrogen-bond acceptors (Lipinski definition) is 4. The van der Waals surface area contributed by atoms with Gasteiger partial charge in [-0.15, -0.1) is 0 Å². The molecule has 1 heterocycles. The van der Waals surface area contributed by atoms with Crippen LogP contribution in [0.4, 0.5) is 0 Å². The Morgan fingerprint density at radius 3 is 2.04 bits per heavy atom. The van der Waals surface area contributed by atoms with Crippen LogP contribution in [-0.4, -0.2) is 40.8 Å². The molecule has 1 fully saturated rings. The molecule has 6 heteroatoms. The summed E-state index contributed by atoms with van der Waals surface area (Å²) < 4.78 is 5.73. The second-order valence-corrected chi connectivity index (χ2v) is 6.64. The van der Waals surface area contributed by atoms with Gasteiger partial charge < -0.3 is 14.7 Å². The van der Waals surface area contributed by atoms with Gasteiger partial charge in [0.15, 0.2) is 5.78 Å². The number of piperidine rings is 1. The molecular formula is C21H21NO5. The van der Waals surface area contributed by atoms with E-state index in [1.54, 1.807) is 53.4 Å². The zero-order valence-corrected chi connectivity index (χ0v) is 15.1. The number of rotatable bonds is 5. The van der Waals surface area contributed by atoms with Crippen LogP contribution in [0.15, 0.2) is 48.5 Å². The van der Waals surface area contributed by atoms with Gasteiger partial charge in [-0.25, -0.2) is 0 Å². The lowest BCUT2D eigenvalue weighted by atomic mass is 9.97. The summed E-state index contributed by atoms with van der Waals surface area (Å²) in [4.78, 5) is 36.7. The predicted molar refractivity (Wildman–Crippen MR) is 99.2 cm³/mol. The summed E-state index contributed by atoms with van der Waals surface area (Å²) in [6.45, 7) is 2.32. The third kappa shape index (κ3) is 4.53. The van der Waals surface area contributed by atoms with E-state index in [4.69, 9.17) is 9.84 Å². The van der Waals surface area contributed by atoms with Gasteiger partial charge in [0, 0.05) is 24.2 Å². The highest BCUT2D eigenvalue weighted by Crippen LogP contribution is 2.24. The van der Waals surface area contributed by atoms with Crippen LogP contribution < -0.4 is 4.74 Å². The lowest BCUT2D eigenvalue weighted by molar-refractivity contribution is -0.143. The summed E-state index contributed by atoms with van der Waals surface area (Å²) in [5.74, 6) is -0.357. The molecule has 1 aliphatic rings. The van der Waals surface area contributed by atoms with Gasteiger partial charge in [0.25, 0.3) is 5.91 Å². The molecule has 2 aromatic rings. The number of carbonyl (C=O) groups is 3. The molecular weight excluding hydrogens is 346 g/mol. The van der Waals surface area contributed by atoms with Crippen molar-refractivity contribution in [2.24, 2.45) is 5.92 Å². The molecule has 1 atom stereocenters. The fraction of sp³-hybridized carbons (Fsp3) is 0.286. The maximum Gasteiger partial charge on any atom is 0.308 e. The minimum absolute atomic E-state index is 0.00716. The molecule has 1 amide bonds. The van der Waals surface area contributed by atoms with Crippen molar-refractivity contribution in [1.82, 2.24) is 4.90 Å². The molecule has 0 saturated carbocycles. The Morgan fingerprint density at radius 1 is 0.963 bits per heavy atom. The number of nitrogens with zero attached hydrogens (tertiary/aromatic N) is 1. The van der Waals surface area contributed by atoms with E-state index in [1.807, 2.05) is 0 Å². The van der Waals surface area contributed by atoms with Crippen LogP contribution in [0, 0.1) is 5.92 Å². The number of amides is 1. The zero-order chi connectivity index (χ0) is 19.4. The molecule has 6 nitrogen and oxygen atoms in total. The van der Waals surface area contributed by atoms with Gasteiger partial charge in [-0.2, -0.15) is 0 Å². The number of aliphatic carboxylic acids is 1. The van der Waals surface area contributed by atoms with Gasteiger partial charge in [0.2, 0.25) is 0 Å². The molecule has 1 aliphatic heterocycles. The fourth-order valence-corrected chi connectivity index (χ4v) is 3.11. The molecule has 0 aliphatic carbocycles. The molecule has 0 radical (unpaired) electrons. The summed E-state index contributed by atoms with van der Waals surface area (Å²) in [6, 6.07) is 13.6. The molecule has 1 unspecified atom stereocenters. The molecule has 2 aromatic carbocycles. The monoisotopic (exact) mass is 367 g/mol. The highest BCUT2D eigenvalue weighted by Gasteiger charge is 2.28. The van der Waals surface area contributed by atoms with Gasteiger partial charge in [-0.05, 0) is 68.3 Å². The van der Waals surface area contributed by atoms with E-state index >= 15 is 0 Å². The first kappa shape index (κ1) is 18.6. The van der Waals surface area contributed by atoms with Crippen LogP contribution in [0.1, 0.15) is 40.5 Å². The lowest BCUT2D eigenvalue weighted by Crippen LogP contribution is -2.42. The van der Waals surface area contributed by atoms with E-state index in [0.717, 1.165) is 0 Å². The van der Waals surface area contributed by atoms with Crippen molar-refractivity contribution in [1.29, 1.82) is 0 Å². The van der Waals surface area contributed by atoms with Gasteiger partial charge >= 0.3 is 5.97 Å². The SMILES string of the molecule is CC(=O)c1ccc(Oc2ccc(C(=O)N3CCCC(C(=O)O)C3)cc2)cc1. The Bertz CT molecular complexity index is 842. The van der Waals surface area contributed by atoms with Crippen molar-refractivity contribution in [3.8, 4) is 11.5 Å². The lowest BCUT2D eigenvalue weighted by Gasteiger charge is -2.30. The van der Waals surface area contributed by atoms with Gasteiger partial charge in [-0.1, -0.05) is 0 Å². The molecule has 1 N–H and O–H groups in total. The summed E-state index contributed by atoms with van der Waals surface area (Å²) in [5.41, 5.74) is 1.12. The Morgan fingerprint density at radius 2 is 1.52 bits per heavy atom. The van der Waals surface area contributed by atoms with Crippen LogP contribution in [0.3, 0.4) is 0 Å². The largest absolute Gasteiger partial charge is 0.481 e. The number of likely N-dealkylation sites (tertiary alicyclic amines) is 1. The number of carboxylic acids is 1. The predicted octanol–water partition coefficient (Wildman–Crippen LogP) is 3.62. The van der Waals surface area contributed by atoms with Crippen LogP contribution in [0.2, 0.25) is 0 Å². The van der Waals surface area contributed by atoms with Crippen LogP contribution in [-0.2, 0) is 4.79 Å². The molecule has 3 rings (SSSR count). The molecule has 0 bridgehead atoms. The van der Waals surface area contributed by atoms with E-state index in [2.05, 4.69) is 0 Å². The van der Waals surface area contributed by atoms with Crippen molar-refractivity contribution < 1.29 is 24.2 Å². The van der Waals surface area contributed by atoms with Gasteiger partial charge in [0.05, 0.1) is 5.92 Å². The second-order valence-electron chi connectivity index (χ2n) is 6.64. The molecule has 1 saturated heterocycles. The molecule has 140 valence electrons. The number of ketones is 1. The van der Waals surface area contributed by atoms with E-state index in [-0.39, 0.29) is 18.2 Å². The third-order valence-electron chi connectivity index (χ3n) is 4.66. The summed E-state index contributed by atoms with van der Waals surface area (Å²) in [5, 5.41) is 9.16. The molecule has 0 spiro atoms. The van der Waals surface area contributed by atoms with Crippen LogP contribution >= 0.6 is 0 Å². The van der Waals surface area contributed by atoms with E-state index in [9.17, 15) is 14.4 Å². The first-order valence-electron chi connectivity index (χ1n) is 8.85. The maximum absolute atomic E-state index is 12.6. The zero-order valence-electron chi connectivity index (χ0n) is 15.1. The van der Waals surface area contributed by atoms with Crippen LogP contribution in [0.25, 0.3) is 0 Å². The number of benzene rings is 2. The minimum Gasteiger partial charge on any atom is -0.481 e. The van der Waals surface area contributed by atoms with E-state index in [0.29, 0.717) is 42.0 Å². The van der Waals surface area contributed by atoms with Crippen LogP contribution in [0.5, 0.6) is 11.5 Å². The first-order chi connectivity index (χ1) is 12.9. The van der Waals surface area contributed by atoms with Crippen molar-refractivity contribution in [3.63, 3.8) is 0 Å².